The molecule has 88 valence electrons. The van der Waals surface area contributed by atoms with Gasteiger partial charge in [-0.25, -0.2) is 0 Å². The van der Waals surface area contributed by atoms with Gasteiger partial charge in [-0.05, 0) is 61.6 Å². The van der Waals surface area contributed by atoms with Gasteiger partial charge in [-0.15, -0.1) is 0 Å². The zero-order valence-corrected chi connectivity index (χ0v) is 11.0. The van der Waals surface area contributed by atoms with Crippen LogP contribution in [0, 0.1) is 13.8 Å². The highest BCUT2D eigenvalue weighted by Gasteiger charge is 2.02. The fraction of sp³-hybridized carbons (Fsp3) is 0.267. The maximum absolute atomic E-state index is 6.02. The lowest BCUT2D eigenvalue weighted by Crippen LogP contribution is -1.97. The van der Waals surface area contributed by atoms with Crippen molar-refractivity contribution >= 4 is 11.6 Å². The minimum absolute atomic E-state index is 0.813. The summed E-state index contributed by atoms with van der Waals surface area (Å²) in [5.41, 5.74) is 5.05. The molecular weight excluding hydrogens is 230 g/mol. The lowest BCUT2D eigenvalue weighted by molar-refractivity contribution is 0.922. The van der Waals surface area contributed by atoms with E-state index in [1.807, 2.05) is 18.3 Å². The molecule has 2 aromatic rings. The van der Waals surface area contributed by atoms with Gasteiger partial charge in [-0.2, -0.15) is 0 Å². The van der Waals surface area contributed by atoms with Crippen molar-refractivity contribution in [2.75, 3.05) is 0 Å². The Balaban J connectivity index is 2.12. The number of rotatable bonds is 3. The van der Waals surface area contributed by atoms with Crippen molar-refractivity contribution in [3.05, 3.63) is 63.9 Å². The number of halogens is 1. The van der Waals surface area contributed by atoms with E-state index in [-0.39, 0.29) is 0 Å². The molecule has 1 nitrogen and oxygen atoms in total. The molecule has 2 heteroatoms. The maximum atomic E-state index is 6.02. The Morgan fingerprint density at radius 3 is 2.59 bits per heavy atom. The summed E-state index contributed by atoms with van der Waals surface area (Å²) in [6.45, 7) is 4.18. The summed E-state index contributed by atoms with van der Waals surface area (Å²) in [6.07, 6.45) is 3.86. The van der Waals surface area contributed by atoms with Gasteiger partial charge in [0, 0.05) is 16.9 Å². The third-order valence-electron chi connectivity index (χ3n) is 3.09. The number of nitrogens with zero attached hydrogens (tertiary/aromatic N) is 1. The highest BCUT2D eigenvalue weighted by Crippen LogP contribution is 2.18. The van der Waals surface area contributed by atoms with Gasteiger partial charge < -0.3 is 0 Å². The Morgan fingerprint density at radius 1 is 1.06 bits per heavy atom. The van der Waals surface area contributed by atoms with Crippen LogP contribution in [0.1, 0.15) is 22.4 Å². The molecule has 2 rings (SSSR count). The summed E-state index contributed by atoms with van der Waals surface area (Å²) in [7, 11) is 0. The number of pyridine rings is 1. The van der Waals surface area contributed by atoms with E-state index in [0.29, 0.717) is 0 Å². The summed E-state index contributed by atoms with van der Waals surface area (Å²) in [5, 5.41) is 0.813. The van der Waals surface area contributed by atoms with Gasteiger partial charge in [0.1, 0.15) is 0 Å². The van der Waals surface area contributed by atoms with E-state index in [1.165, 1.54) is 16.7 Å². The fourth-order valence-electron chi connectivity index (χ4n) is 1.96. The van der Waals surface area contributed by atoms with Crippen LogP contribution in [0.2, 0.25) is 5.02 Å². The van der Waals surface area contributed by atoms with E-state index in [9.17, 15) is 0 Å². The first-order valence-corrected chi connectivity index (χ1v) is 6.20. The van der Waals surface area contributed by atoms with Crippen molar-refractivity contribution in [3.8, 4) is 0 Å². The Morgan fingerprint density at radius 2 is 1.82 bits per heavy atom. The van der Waals surface area contributed by atoms with Crippen LogP contribution in [0.25, 0.3) is 0 Å². The van der Waals surface area contributed by atoms with E-state index >= 15 is 0 Å². The zero-order chi connectivity index (χ0) is 12.3. The van der Waals surface area contributed by atoms with Gasteiger partial charge in [0.05, 0.1) is 0 Å². The number of aromatic nitrogens is 1. The topological polar surface area (TPSA) is 12.9 Å². The van der Waals surface area contributed by atoms with Crippen LogP contribution < -0.4 is 0 Å². The number of aryl methyl sites for hydroxylation is 4. The van der Waals surface area contributed by atoms with Crippen LogP contribution >= 0.6 is 11.6 Å². The average Bonchev–Trinajstić information content (AvgIpc) is 2.32. The summed E-state index contributed by atoms with van der Waals surface area (Å²) in [6, 6.07) is 10.2. The SMILES string of the molecule is Cc1ccc(Cl)cc1CCc1cccnc1C. The quantitative estimate of drug-likeness (QED) is 0.792. The Labute approximate surface area is 107 Å². The largest absolute Gasteiger partial charge is 0.261 e. The van der Waals surface area contributed by atoms with Gasteiger partial charge in [0.15, 0.2) is 0 Å². The van der Waals surface area contributed by atoms with Crippen molar-refractivity contribution in [3.63, 3.8) is 0 Å². The number of hydrogen-bond donors (Lipinski definition) is 0. The maximum Gasteiger partial charge on any atom is 0.0408 e. The molecule has 0 atom stereocenters. The van der Waals surface area contributed by atoms with Gasteiger partial charge in [-0.1, -0.05) is 23.7 Å². The number of hydrogen-bond acceptors (Lipinski definition) is 1. The monoisotopic (exact) mass is 245 g/mol. The van der Waals surface area contributed by atoms with Crippen molar-refractivity contribution in [1.82, 2.24) is 4.98 Å². The average molecular weight is 246 g/mol. The molecule has 17 heavy (non-hydrogen) atoms. The Hall–Kier alpha value is -1.34. The third kappa shape index (κ3) is 3.07. The normalized spacial score (nSPS) is 10.5. The molecule has 0 aliphatic rings. The summed E-state index contributed by atoms with van der Waals surface area (Å²) < 4.78 is 0. The molecule has 1 heterocycles. The van der Waals surface area contributed by atoms with Gasteiger partial charge in [0.2, 0.25) is 0 Å². The molecule has 0 radical (unpaired) electrons. The molecule has 0 bridgehead atoms. The van der Waals surface area contributed by atoms with Gasteiger partial charge in [-0.3, -0.25) is 4.98 Å². The molecule has 0 fully saturated rings. The van der Waals surface area contributed by atoms with Crippen LogP contribution in [0.5, 0.6) is 0 Å². The number of benzene rings is 1. The third-order valence-corrected chi connectivity index (χ3v) is 3.33. The first kappa shape index (κ1) is 12.1. The second kappa shape index (κ2) is 5.33. The van der Waals surface area contributed by atoms with Crippen molar-refractivity contribution < 1.29 is 0 Å². The van der Waals surface area contributed by atoms with Gasteiger partial charge >= 0.3 is 0 Å². The molecule has 0 aliphatic carbocycles. The molecule has 0 saturated carbocycles. The molecule has 1 aromatic heterocycles. The molecule has 1 aromatic carbocycles. The van der Waals surface area contributed by atoms with E-state index < -0.39 is 0 Å². The molecule has 0 aliphatic heterocycles. The van der Waals surface area contributed by atoms with E-state index in [4.69, 9.17) is 11.6 Å². The second-order valence-corrected chi connectivity index (χ2v) is 4.76. The smallest absolute Gasteiger partial charge is 0.0408 e. The Kier molecular flexibility index (Phi) is 3.80. The van der Waals surface area contributed by atoms with Crippen LogP contribution in [-0.2, 0) is 12.8 Å². The lowest BCUT2D eigenvalue weighted by atomic mass is 10.0. The predicted octanol–water partition coefficient (Wildman–Crippen LogP) is 4.14. The van der Waals surface area contributed by atoms with Crippen LogP contribution in [-0.4, -0.2) is 4.98 Å². The molecule has 0 spiro atoms. The predicted molar refractivity (Wildman–Crippen MR) is 72.6 cm³/mol. The fourth-order valence-corrected chi connectivity index (χ4v) is 2.16. The molecular formula is C15H16ClN. The van der Waals surface area contributed by atoms with Crippen molar-refractivity contribution in [1.29, 1.82) is 0 Å². The van der Waals surface area contributed by atoms with E-state index in [2.05, 4.69) is 37.0 Å². The summed E-state index contributed by atoms with van der Waals surface area (Å²) >= 11 is 6.02. The highest BCUT2D eigenvalue weighted by atomic mass is 35.5. The second-order valence-electron chi connectivity index (χ2n) is 4.32. The first-order valence-electron chi connectivity index (χ1n) is 5.82. The molecule has 0 N–H and O–H groups in total. The van der Waals surface area contributed by atoms with Crippen molar-refractivity contribution in [2.45, 2.75) is 26.7 Å². The minimum Gasteiger partial charge on any atom is -0.261 e. The van der Waals surface area contributed by atoms with Crippen LogP contribution in [0.4, 0.5) is 0 Å². The molecule has 0 unspecified atom stereocenters. The minimum atomic E-state index is 0.813. The zero-order valence-electron chi connectivity index (χ0n) is 10.2. The standard InChI is InChI=1S/C15H16ClN/c1-11-5-8-15(16)10-14(11)7-6-13-4-3-9-17-12(13)2/h3-5,8-10H,6-7H2,1-2H3. The van der Waals surface area contributed by atoms with Crippen LogP contribution in [0.3, 0.4) is 0 Å². The highest BCUT2D eigenvalue weighted by molar-refractivity contribution is 6.30. The first-order chi connectivity index (χ1) is 8.16. The molecule has 0 amide bonds. The Bertz CT molecular complexity index is 520. The lowest BCUT2D eigenvalue weighted by Gasteiger charge is -2.08. The van der Waals surface area contributed by atoms with E-state index in [1.54, 1.807) is 0 Å². The van der Waals surface area contributed by atoms with Gasteiger partial charge in [0.25, 0.3) is 0 Å². The molecule has 0 saturated heterocycles. The van der Waals surface area contributed by atoms with Crippen molar-refractivity contribution in [2.24, 2.45) is 0 Å². The van der Waals surface area contributed by atoms with E-state index in [0.717, 1.165) is 23.6 Å². The van der Waals surface area contributed by atoms with Crippen LogP contribution in [0.15, 0.2) is 36.5 Å². The summed E-state index contributed by atoms with van der Waals surface area (Å²) in [5.74, 6) is 0. The summed E-state index contributed by atoms with van der Waals surface area (Å²) in [4.78, 5) is 4.31.